The van der Waals surface area contributed by atoms with Gasteiger partial charge in [0.05, 0.1) is 25.2 Å². The lowest BCUT2D eigenvalue weighted by molar-refractivity contribution is -0.154. The Morgan fingerprint density at radius 2 is 1.76 bits per heavy atom. The van der Waals surface area contributed by atoms with Gasteiger partial charge in [-0.2, -0.15) is 13.2 Å². The monoisotopic (exact) mass is 513 g/mol. The lowest BCUT2D eigenvalue weighted by Crippen LogP contribution is -2.32. The summed E-state index contributed by atoms with van der Waals surface area (Å²) in [7, 11) is 2.97. The molecule has 37 heavy (non-hydrogen) atoms. The topological polar surface area (TPSA) is 70.4 Å². The van der Waals surface area contributed by atoms with Gasteiger partial charge in [-0.05, 0) is 30.3 Å². The van der Waals surface area contributed by atoms with E-state index in [2.05, 4.69) is 0 Å². The third kappa shape index (κ3) is 4.79. The molecule has 2 heterocycles. The summed E-state index contributed by atoms with van der Waals surface area (Å²) in [6, 6.07) is 16.3. The van der Waals surface area contributed by atoms with Gasteiger partial charge in [0.2, 0.25) is 11.2 Å². The highest BCUT2D eigenvalue weighted by molar-refractivity contribution is 5.84. The van der Waals surface area contributed by atoms with E-state index >= 15 is 0 Å². The molecule has 0 unspecified atom stereocenters. The van der Waals surface area contributed by atoms with Gasteiger partial charge in [-0.1, -0.05) is 24.3 Å². The van der Waals surface area contributed by atoms with E-state index in [1.807, 2.05) is 29.2 Å². The fourth-order valence-electron chi connectivity index (χ4n) is 4.23. The molecule has 3 aromatic carbocycles. The molecule has 0 saturated carbocycles. The van der Waals surface area contributed by atoms with E-state index in [1.165, 1.54) is 31.4 Å². The first kappa shape index (κ1) is 24.5. The lowest BCUT2D eigenvalue weighted by atomic mass is 10.1. The second-order valence-corrected chi connectivity index (χ2v) is 8.36. The van der Waals surface area contributed by atoms with Crippen LogP contribution < -0.4 is 24.4 Å². The SMILES string of the molecule is COc1cccc(Oc2c(C(F)(F)F)oc3c4c(ccc3c2=O)OCN(Cc2ccccc2OC)C4)c1. The smallest absolute Gasteiger partial charge is 0.453 e. The summed E-state index contributed by atoms with van der Waals surface area (Å²) in [6.45, 7) is 0.804. The Kier molecular flexibility index (Phi) is 6.43. The standard InChI is InChI=1S/C27H22F3NO6/c1-33-17-7-5-8-18(12-17)36-25-23(32)19-10-11-22-20(24(19)37-26(25)27(28,29)30)14-31(15-35-22)13-16-6-3-4-9-21(16)34-2/h3-12H,13-15H2,1-2H3. The molecule has 5 rings (SSSR count). The number of fused-ring (bicyclic) bond motifs is 3. The van der Waals surface area contributed by atoms with Crippen molar-refractivity contribution in [3.05, 3.63) is 87.8 Å². The molecule has 0 atom stereocenters. The fraction of sp³-hybridized carbons (Fsp3) is 0.222. The molecule has 1 aromatic heterocycles. The maximum atomic E-state index is 14.1. The van der Waals surface area contributed by atoms with E-state index < -0.39 is 23.1 Å². The van der Waals surface area contributed by atoms with Crippen molar-refractivity contribution in [2.45, 2.75) is 19.3 Å². The zero-order chi connectivity index (χ0) is 26.2. The largest absolute Gasteiger partial charge is 0.497 e. The molecule has 0 bridgehead atoms. The number of benzene rings is 3. The molecule has 10 heteroatoms. The van der Waals surface area contributed by atoms with E-state index in [1.54, 1.807) is 19.2 Å². The number of nitrogens with zero attached hydrogens (tertiary/aromatic N) is 1. The van der Waals surface area contributed by atoms with E-state index in [-0.39, 0.29) is 30.0 Å². The maximum Gasteiger partial charge on any atom is 0.453 e. The summed E-state index contributed by atoms with van der Waals surface area (Å²) in [4.78, 5) is 15.2. The second-order valence-electron chi connectivity index (χ2n) is 8.36. The van der Waals surface area contributed by atoms with Crippen LogP contribution in [-0.2, 0) is 19.3 Å². The zero-order valence-corrected chi connectivity index (χ0v) is 19.9. The Hall–Kier alpha value is -4.18. The van der Waals surface area contributed by atoms with E-state index in [4.69, 9.17) is 23.4 Å². The van der Waals surface area contributed by atoms with Crippen LogP contribution in [0, 0.1) is 0 Å². The number of methoxy groups -OCH3 is 2. The summed E-state index contributed by atoms with van der Waals surface area (Å²) in [5.74, 6) is -1.09. The summed E-state index contributed by atoms with van der Waals surface area (Å²) >= 11 is 0. The minimum absolute atomic E-state index is 0.000719. The number of ether oxygens (including phenoxy) is 4. The Morgan fingerprint density at radius 1 is 0.973 bits per heavy atom. The molecule has 0 N–H and O–H groups in total. The maximum absolute atomic E-state index is 14.1. The van der Waals surface area contributed by atoms with E-state index in [0.29, 0.717) is 29.4 Å². The molecular weight excluding hydrogens is 491 g/mol. The quantitative estimate of drug-likeness (QED) is 0.315. The van der Waals surface area contributed by atoms with Crippen molar-refractivity contribution >= 4 is 11.0 Å². The number of rotatable bonds is 6. The highest BCUT2D eigenvalue weighted by Crippen LogP contribution is 2.41. The summed E-state index contributed by atoms with van der Waals surface area (Å²) < 4.78 is 69.4. The fourth-order valence-corrected chi connectivity index (χ4v) is 4.23. The molecule has 1 aliphatic rings. The zero-order valence-electron chi connectivity index (χ0n) is 19.9. The molecule has 0 radical (unpaired) electrons. The van der Waals surface area contributed by atoms with Crippen LogP contribution in [0.15, 0.2) is 69.9 Å². The van der Waals surface area contributed by atoms with Crippen LogP contribution >= 0.6 is 0 Å². The van der Waals surface area contributed by atoms with Gasteiger partial charge < -0.3 is 23.4 Å². The molecule has 0 aliphatic carbocycles. The number of hydrogen-bond donors (Lipinski definition) is 0. The summed E-state index contributed by atoms with van der Waals surface area (Å²) in [5.41, 5.74) is 0.0801. The van der Waals surface area contributed by atoms with Gasteiger partial charge in [-0.25, -0.2) is 0 Å². The summed E-state index contributed by atoms with van der Waals surface area (Å²) in [5, 5.41) is -0.0487. The average molecular weight is 513 g/mol. The lowest BCUT2D eigenvalue weighted by Gasteiger charge is -2.29. The van der Waals surface area contributed by atoms with Gasteiger partial charge in [0.15, 0.2) is 0 Å². The van der Waals surface area contributed by atoms with Crippen molar-refractivity contribution in [2.75, 3.05) is 21.0 Å². The molecule has 0 amide bonds. The number of halogens is 3. The molecular formula is C27H22F3NO6. The average Bonchev–Trinajstić information content (AvgIpc) is 2.89. The number of hydrogen-bond acceptors (Lipinski definition) is 7. The van der Waals surface area contributed by atoms with Gasteiger partial charge in [-0.15, -0.1) is 0 Å². The van der Waals surface area contributed by atoms with Gasteiger partial charge in [0.25, 0.3) is 5.76 Å². The minimum atomic E-state index is -4.99. The molecule has 1 aliphatic heterocycles. The van der Waals surface area contributed by atoms with Crippen molar-refractivity contribution < 1.29 is 36.5 Å². The van der Waals surface area contributed by atoms with E-state index in [0.717, 1.165) is 5.56 Å². The van der Waals surface area contributed by atoms with Crippen LogP contribution in [0.4, 0.5) is 13.2 Å². The second kappa shape index (κ2) is 9.70. The van der Waals surface area contributed by atoms with Crippen LogP contribution in [0.1, 0.15) is 16.9 Å². The van der Waals surface area contributed by atoms with E-state index in [9.17, 15) is 18.0 Å². The number of alkyl halides is 3. The van der Waals surface area contributed by atoms with Crippen molar-refractivity contribution in [2.24, 2.45) is 0 Å². The molecule has 4 aromatic rings. The number of para-hydroxylation sites is 1. The summed E-state index contributed by atoms with van der Waals surface area (Å²) in [6.07, 6.45) is -4.99. The molecule has 0 spiro atoms. The molecule has 192 valence electrons. The predicted octanol–water partition coefficient (Wildman–Crippen LogP) is 5.97. The minimum Gasteiger partial charge on any atom is -0.497 e. The third-order valence-electron chi connectivity index (χ3n) is 5.97. The first-order chi connectivity index (χ1) is 17.8. The van der Waals surface area contributed by atoms with Crippen LogP contribution in [0.5, 0.6) is 28.7 Å². The Balaban J connectivity index is 1.58. The van der Waals surface area contributed by atoms with Crippen molar-refractivity contribution in [3.63, 3.8) is 0 Å². The highest BCUT2D eigenvalue weighted by atomic mass is 19.4. The van der Waals surface area contributed by atoms with Gasteiger partial charge in [-0.3, -0.25) is 9.69 Å². The third-order valence-corrected chi connectivity index (χ3v) is 5.97. The molecule has 7 nitrogen and oxygen atoms in total. The van der Waals surface area contributed by atoms with Gasteiger partial charge in [0, 0.05) is 24.7 Å². The van der Waals surface area contributed by atoms with Gasteiger partial charge >= 0.3 is 6.18 Å². The highest BCUT2D eigenvalue weighted by Gasteiger charge is 2.41. The van der Waals surface area contributed by atoms with Crippen LogP contribution in [0.25, 0.3) is 11.0 Å². The molecule has 0 fully saturated rings. The predicted molar refractivity (Wildman–Crippen MR) is 128 cm³/mol. The Bertz CT molecular complexity index is 1510. The van der Waals surface area contributed by atoms with Crippen molar-refractivity contribution in [3.8, 4) is 28.7 Å². The van der Waals surface area contributed by atoms with Crippen molar-refractivity contribution in [1.82, 2.24) is 4.90 Å². The first-order valence-corrected chi connectivity index (χ1v) is 11.3. The van der Waals surface area contributed by atoms with Crippen LogP contribution in [0.3, 0.4) is 0 Å². The van der Waals surface area contributed by atoms with Gasteiger partial charge in [0.1, 0.15) is 35.3 Å². The normalized spacial score (nSPS) is 13.6. The van der Waals surface area contributed by atoms with Crippen LogP contribution in [-0.4, -0.2) is 25.9 Å². The first-order valence-electron chi connectivity index (χ1n) is 11.3. The van der Waals surface area contributed by atoms with Crippen LogP contribution in [0.2, 0.25) is 0 Å². The molecule has 0 saturated heterocycles. The Morgan fingerprint density at radius 3 is 2.51 bits per heavy atom. The Labute approximate surface area is 209 Å². The van der Waals surface area contributed by atoms with Crippen molar-refractivity contribution in [1.29, 1.82) is 0 Å².